The Kier molecular flexibility index (Phi) is 5.14. The molecule has 100 valence electrons. The molecule has 0 amide bonds. The molecule has 4 nitrogen and oxygen atoms in total. The van der Waals surface area contributed by atoms with Gasteiger partial charge in [-0.25, -0.2) is 13.1 Å². The summed E-state index contributed by atoms with van der Waals surface area (Å²) in [5.74, 6) is 2.42. The van der Waals surface area contributed by atoms with E-state index in [2.05, 4.69) is 10.0 Å². The number of hydrogen-bond donors (Lipinski definition) is 2. The van der Waals surface area contributed by atoms with Gasteiger partial charge in [-0.1, -0.05) is 0 Å². The molecule has 2 fully saturated rings. The molecule has 0 bridgehead atoms. The van der Waals surface area contributed by atoms with Gasteiger partial charge < -0.3 is 5.32 Å². The van der Waals surface area contributed by atoms with Gasteiger partial charge in [-0.05, 0) is 50.2 Å². The van der Waals surface area contributed by atoms with Crippen LogP contribution in [-0.2, 0) is 10.0 Å². The minimum Gasteiger partial charge on any atom is -0.314 e. The van der Waals surface area contributed by atoms with E-state index in [4.69, 9.17) is 0 Å². The number of nitrogens with one attached hydrogen (secondary N) is 2. The van der Waals surface area contributed by atoms with Gasteiger partial charge in [0.2, 0.25) is 10.0 Å². The van der Waals surface area contributed by atoms with Crippen LogP contribution in [0.2, 0.25) is 0 Å². The Morgan fingerprint density at radius 2 is 1.76 bits per heavy atom. The molecule has 1 saturated heterocycles. The fraction of sp³-hybridized carbons (Fsp3) is 1.00. The van der Waals surface area contributed by atoms with Gasteiger partial charge in [0.15, 0.2) is 0 Å². The molecule has 0 radical (unpaired) electrons. The first kappa shape index (κ1) is 13.6. The van der Waals surface area contributed by atoms with E-state index in [9.17, 15) is 8.42 Å². The van der Waals surface area contributed by atoms with Crippen LogP contribution in [0.1, 0.15) is 32.1 Å². The first-order chi connectivity index (χ1) is 8.16. The van der Waals surface area contributed by atoms with Crippen molar-refractivity contribution in [3.63, 3.8) is 0 Å². The van der Waals surface area contributed by atoms with E-state index < -0.39 is 10.0 Å². The molecular formula is C11H22N2O2S2. The Labute approximate surface area is 108 Å². The van der Waals surface area contributed by atoms with Crippen molar-refractivity contribution in [2.75, 3.05) is 23.8 Å². The Morgan fingerprint density at radius 3 is 2.41 bits per heavy atom. The van der Waals surface area contributed by atoms with Crippen molar-refractivity contribution in [2.45, 2.75) is 44.2 Å². The van der Waals surface area contributed by atoms with Crippen LogP contribution in [0.5, 0.6) is 0 Å². The maximum Gasteiger partial charge on any atom is 0.211 e. The Morgan fingerprint density at radius 1 is 1.06 bits per heavy atom. The monoisotopic (exact) mass is 278 g/mol. The smallest absolute Gasteiger partial charge is 0.211 e. The second-order valence-corrected chi connectivity index (χ2v) is 8.00. The van der Waals surface area contributed by atoms with E-state index in [0.717, 1.165) is 30.9 Å². The molecule has 2 aliphatic rings. The molecule has 0 atom stereocenters. The van der Waals surface area contributed by atoms with Crippen LogP contribution in [0.15, 0.2) is 0 Å². The molecule has 2 N–H and O–H groups in total. The highest BCUT2D eigenvalue weighted by molar-refractivity contribution is 7.99. The number of sulfonamides is 1. The summed E-state index contributed by atoms with van der Waals surface area (Å²) in [6.07, 6.45) is 5.18. The van der Waals surface area contributed by atoms with Crippen LogP contribution in [0.25, 0.3) is 0 Å². The van der Waals surface area contributed by atoms with E-state index in [1.807, 2.05) is 11.8 Å². The van der Waals surface area contributed by atoms with Crippen molar-refractivity contribution in [3.05, 3.63) is 0 Å². The zero-order valence-corrected chi connectivity index (χ0v) is 11.8. The van der Waals surface area contributed by atoms with Crippen LogP contribution in [0.4, 0.5) is 0 Å². The average Bonchev–Trinajstić information content (AvgIpc) is 3.09. The third-order valence-electron chi connectivity index (χ3n) is 3.17. The van der Waals surface area contributed by atoms with Gasteiger partial charge in [0.1, 0.15) is 0 Å². The summed E-state index contributed by atoms with van der Waals surface area (Å²) < 4.78 is 26.5. The molecule has 0 unspecified atom stereocenters. The summed E-state index contributed by atoms with van der Waals surface area (Å²) >= 11 is 1.91. The van der Waals surface area contributed by atoms with Gasteiger partial charge in [-0.2, -0.15) is 11.8 Å². The molecule has 1 saturated carbocycles. The maximum atomic E-state index is 11.8. The van der Waals surface area contributed by atoms with Crippen molar-refractivity contribution >= 4 is 21.8 Å². The van der Waals surface area contributed by atoms with E-state index >= 15 is 0 Å². The zero-order valence-electron chi connectivity index (χ0n) is 10.2. The highest BCUT2D eigenvalue weighted by Crippen LogP contribution is 2.19. The fourth-order valence-corrected chi connectivity index (χ4v) is 4.48. The molecule has 1 heterocycles. The van der Waals surface area contributed by atoms with Gasteiger partial charge in [0.05, 0.1) is 5.75 Å². The molecule has 0 aromatic carbocycles. The van der Waals surface area contributed by atoms with Crippen LogP contribution in [-0.4, -0.2) is 44.3 Å². The summed E-state index contributed by atoms with van der Waals surface area (Å²) in [5, 5.41) is 3.34. The Balaban J connectivity index is 1.62. The van der Waals surface area contributed by atoms with Crippen LogP contribution >= 0.6 is 11.8 Å². The van der Waals surface area contributed by atoms with Crippen molar-refractivity contribution in [1.82, 2.24) is 10.0 Å². The molecule has 0 spiro atoms. The summed E-state index contributed by atoms with van der Waals surface area (Å²) in [5.41, 5.74) is 0. The van der Waals surface area contributed by atoms with E-state index in [1.165, 1.54) is 12.8 Å². The third kappa shape index (κ3) is 5.59. The second-order valence-electron chi connectivity index (χ2n) is 4.91. The standard InChI is InChI=1S/C11H22N2O2S2/c14-17(15,9-1-6-12-10-2-3-10)13-11-4-7-16-8-5-11/h10-13H,1-9H2. The van der Waals surface area contributed by atoms with Gasteiger partial charge in [-0.15, -0.1) is 0 Å². The largest absolute Gasteiger partial charge is 0.314 e. The number of rotatable bonds is 7. The Bertz CT molecular complexity index is 322. The molecule has 6 heteroatoms. The van der Waals surface area contributed by atoms with Crippen molar-refractivity contribution < 1.29 is 8.42 Å². The number of thioether (sulfide) groups is 1. The quantitative estimate of drug-likeness (QED) is 0.681. The first-order valence-corrected chi connectivity index (χ1v) is 9.27. The molecular weight excluding hydrogens is 256 g/mol. The van der Waals surface area contributed by atoms with Crippen LogP contribution in [0, 0.1) is 0 Å². The molecule has 17 heavy (non-hydrogen) atoms. The van der Waals surface area contributed by atoms with Gasteiger partial charge in [0.25, 0.3) is 0 Å². The predicted molar refractivity (Wildman–Crippen MR) is 72.9 cm³/mol. The van der Waals surface area contributed by atoms with Crippen molar-refractivity contribution in [3.8, 4) is 0 Å². The summed E-state index contributed by atoms with van der Waals surface area (Å²) in [7, 11) is -3.06. The molecule has 0 aromatic heterocycles. The van der Waals surface area contributed by atoms with Crippen LogP contribution in [0.3, 0.4) is 0 Å². The van der Waals surface area contributed by atoms with E-state index in [-0.39, 0.29) is 11.8 Å². The minimum absolute atomic E-state index is 0.178. The van der Waals surface area contributed by atoms with Crippen LogP contribution < -0.4 is 10.0 Å². The Hall–Kier alpha value is 0.220. The SMILES string of the molecule is O=S(=O)(CCCNC1CC1)NC1CCSCC1. The predicted octanol–water partition coefficient (Wildman–Crippen LogP) is 0.943. The number of hydrogen-bond acceptors (Lipinski definition) is 4. The lowest BCUT2D eigenvalue weighted by molar-refractivity contribution is 0.525. The lowest BCUT2D eigenvalue weighted by Crippen LogP contribution is -2.39. The molecule has 2 rings (SSSR count). The first-order valence-electron chi connectivity index (χ1n) is 6.47. The minimum atomic E-state index is -3.06. The highest BCUT2D eigenvalue weighted by atomic mass is 32.2. The molecule has 0 aromatic rings. The lowest BCUT2D eigenvalue weighted by Gasteiger charge is -2.22. The van der Waals surface area contributed by atoms with Gasteiger partial charge in [0, 0.05) is 12.1 Å². The summed E-state index contributed by atoms with van der Waals surface area (Å²) in [6, 6.07) is 0.846. The van der Waals surface area contributed by atoms with Gasteiger partial charge >= 0.3 is 0 Å². The van der Waals surface area contributed by atoms with Gasteiger partial charge in [-0.3, -0.25) is 0 Å². The normalized spacial score (nSPS) is 22.8. The zero-order chi connectivity index (χ0) is 12.1. The summed E-state index contributed by atoms with van der Waals surface area (Å²) in [6.45, 7) is 0.825. The van der Waals surface area contributed by atoms with Crippen molar-refractivity contribution in [1.29, 1.82) is 0 Å². The second kappa shape index (κ2) is 6.41. The average molecular weight is 278 g/mol. The topological polar surface area (TPSA) is 58.2 Å². The fourth-order valence-electron chi connectivity index (χ4n) is 1.98. The van der Waals surface area contributed by atoms with E-state index in [1.54, 1.807) is 0 Å². The highest BCUT2D eigenvalue weighted by Gasteiger charge is 2.22. The molecule has 1 aliphatic heterocycles. The summed E-state index contributed by atoms with van der Waals surface area (Å²) in [4.78, 5) is 0. The third-order valence-corrected chi connectivity index (χ3v) is 5.74. The molecule has 1 aliphatic carbocycles. The lowest BCUT2D eigenvalue weighted by atomic mass is 10.2. The maximum absolute atomic E-state index is 11.8. The van der Waals surface area contributed by atoms with Crippen molar-refractivity contribution in [2.24, 2.45) is 0 Å². The van der Waals surface area contributed by atoms with E-state index in [0.29, 0.717) is 12.5 Å².